The van der Waals surface area contributed by atoms with E-state index in [4.69, 9.17) is 5.11 Å². The third kappa shape index (κ3) is 3.51. The van der Waals surface area contributed by atoms with Gasteiger partial charge in [0.1, 0.15) is 10.3 Å². The standard InChI is InChI=1S/C9H12BrNO4S2/c1-5(2)7(8(12)13)11-17(14,15)9-6(10)3-4-16-9/h3-5,7,11H,1-2H3,(H,12,13). The average molecular weight is 342 g/mol. The van der Waals surface area contributed by atoms with Crippen molar-refractivity contribution in [3.8, 4) is 0 Å². The number of carbonyl (C=O) groups is 1. The molecule has 0 saturated carbocycles. The molecule has 0 aliphatic heterocycles. The zero-order valence-electron chi connectivity index (χ0n) is 9.18. The number of aliphatic carboxylic acids is 1. The molecule has 1 aromatic rings. The lowest BCUT2D eigenvalue weighted by atomic mass is 10.1. The van der Waals surface area contributed by atoms with Gasteiger partial charge in [0.05, 0.1) is 0 Å². The second kappa shape index (κ2) is 5.47. The predicted molar refractivity (Wildman–Crippen MR) is 68.6 cm³/mol. The number of nitrogens with one attached hydrogen (secondary N) is 1. The minimum atomic E-state index is -3.80. The molecule has 0 aromatic carbocycles. The Balaban J connectivity index is 3.01. The van der Waals surface area contributed by atoms with Crippen molar-refractivity contribution >= 4 is 43.3 Å². The van der Waals surface area contributed by atoms with Gasteiger partial charge in [-0.25, -0.2) is 8.42 Å². The smallest absolute Gasteiger partial charge is 0.322 e. The molecule has 1 atom stereocenters. The second-order valence-electron chi connectivity index (χ2n) is 3.74. The Morgan fingerprint density at radius 3 is 2.47 bits per heavy atom. The highest BCUT2D eigenvalue weighted by atomic mass is 79.9. The van der Waals surface area contributed by atoms with E-state index in [2.05, 4.69) is 20.7 Å². The van der Waals surface area contributed by atoms with Gasteiger partial charge in [-0.15, -0.1) is 11.3 Å². The molecule has 0 spiro atoms. The highest BCUT2D eigenvalue weighted by Crippen LogP contribution is 2.27. The molecular weight excluding hydrogens is 330 g/mol. The van der Waals surface area contributed by atoms with Gasteiger partial charge in [0.15, 0.2) is 0 Å². The molecule has 1 rings (SSSR count). The summed E-state index contributed by atoms with van der Waals surface area (Å²) in [5.74, 6) is -1.52. The maximum absolute atomic E-state index is 11.9. The molecule has 0 fully saturated rings. The molecule has 17 heavy (non-hydrogen) atoms. The van der Waals surface area contributed by atoms with Gasteiger partial charge < -0.3 is 5.11 Å². The highest BCUT2D eigenvalue weighted by molar-refractivity contribution is 9.10. The van der Waals surface area contributed by atoms with Gasteiger partial charge in [-0.1, -0.05) is 13.8 Å². The molecule has 0 saturated heterocycles. The van der Waals surface area contributed by atoms with Crippen molar-refractivity contribution in [3.05, 3.63) is 15.9 Å². The first-order valence-corrected chi connectivity index (χ1v) is 7.89. The molecule has 2 N–H and O–H groups in total. The van der Waals surface area contributed by atoms with Crippen LogP contribution in [0.5, 0.6) is 0 Å². The van der Waals surface area contributed by atoms with Crippen LogP contribution in [0.4, 0.5) is 0 Å². The molecule has 1 aromatic heterocycles. The largest absolute Gasteiger partial charge is 0.480 e. The van der Waals surface area contributed by atoms with E-state index in [0.29, 0.717) is 4.47 Å². The third-order valence-corrected chi connectivity index (χ3v) is 6.15. The lowest BCUT2D eigenvalue weighted by Gasteiger charge is -2.17. The van der Waals surface area contributed by atoms with Gasteiger partial charge >= 0.3 is 5.97 Å². The van der Waals surface area contributed by atoms with Gasteiger partial charge in [-0.2, -0.15) is 4.72 Å². The minimum absolute atomic E-state index is 0.0874. The van der Waals surface area contributed by atoms with Crippen molar-refractivity contribution in [3.63, 3.8) is 0 Å². The van der Waals surface area contributed by atoms with Gasteiger partial charge in [0.2, 0.25) is 0 Å². The molecular formula is C9H12BrNO4S2. The topological polar surface area (TPSA) is 83.5 Å². The van der Waals surface area contributed by atoms with Crippen molar-refractivity contribution in [2.45, 2.75) is 24.1 Å². The summed E-state index contributed by atoms with van der Waals surface area (Å²) in [7, 11) is -3.80. The van der Waals surface area contributed by atoms with Crippen LogP contribution in [0.2, 0.25) is 0 Å². The lowest BCUT2D eigenvalue weighted by Crippen LogP contribution is -2.44. The Morgan fingerprint density at radius 2 is 2.12 bits per heavy atom. The summed E-state index contributed by atoms with van der Waals surface area (Å²) in [5.41, 5.74) is 0. The van der Waals surface area contributed by atoms with Crippen LogP contribution in [-0.4, -0.2) is 25.5 Å². The molecule has 1 unspecified atom stereocenters. The Kier molecular flexibility index (Phi) is 4.70. The summed E-state index contributed by atoms with van der Waals surface area (Å²) in [4.78, 5) is 10.9. The SMILES string of the molecule is CC(C)C(NS(=O)(=O)c1sccc1Br)C(=O)O. The quantitative estimate of drug-likeness (QED) is 0.856. The maximum Gasteiger partial charge on any atom is 0.322 e. The van der Waals surface area contributed by atoms with Gasteiger partial charge in [-0.3, -0.25) is 4.79 Å². The van der Waals surface area contributed by atoms with E-state index in [0.717, 1.165) is 11.3 Å². The molecule has 0 aliphatic carbocycles. The number of hydrogen-bond donors (Lipinski definition) is 2. The van der Waals surface area contributed by atoms with E-state index in [1.54, 1.807) is 25.3 Å². The Bertz CT molecular complexity index is 509. The van der Waals surface area contributed by atoms with Crippen LogP contribution in [0.1, 0.15) is 13.8 Å². The summed E-state index contributed by atoms with van der Waals surface area (Å²) < 4.78 is 26.6. The van der Waals surface area contributed by atoms with Crippen LogP contribution in [0.15, 0.2) is 20.1 Å². The normalized spacial score (nSPS) is 13.9. The summed E-state index contributed by atoms with van der Waals surface area (Å²) in [6.07, 6.45) is 0. The Labute approximate surface area is 112 Å². The fourth-order valence-corrected chi connectivity index (χ4v) is 4.86. The molecule has 1 heterocycles. The van der Waals surface area contributed by atoms with Crippen molar-refractivity contribution in [1.82, 2.24) is 4.72 Å². The van der Waals surface area contributed by atoms with Crippen LogP contribution in [0.25, 0.3) is 0 Å². The number of sulfonamides is 1. The molecule has 5 nitrogen and oxygen atoms in total. The number of carboxylic acids is 1. The number of thiophene rings is 1. The second-order valence-corrected chi connectivity index (χ2v) is 7.42. The van der Waals surface area contributed by atoms with E-state index < -0.39 is 22.0 Å². The van der Waals surface area contributed by atoms with Crippen molar-refractivity contribution < 1.29 is 18.3 Å². The Hall–Kier alpha value is -0.440. The summed E-state index contributed by atoms with van der Waals surface area (Å²) >= 11 is 4.14. The van der Waals surface area contributed by atoms with Crippen molar-refractivity contribution in [2.75, 3.05) is 0 Å². The van der Waals surface area contributed by atoms with Crippen LogP contribution >= 0.6 is 27.3 Å². The summed E-state index contributed by atoms with van der Waals surface area (Å²) in [6, 6.07) is 0.471. The van der Waals surface area contributed by atoms with Gasteiger partial charge in [-0.05, 0) is 33.3 Å². The lowest BCUT2D eigenvalue weighted by molar-refractivity contribution is -0.140. The molecule has 0 amide bonds. The van der Waals surface area contributed by atoms with Crippen LogP contribution in [0, 0.1) is 5.92 Å². The van der Waals surface area contributed by atoms with E-state index in [9.17, 15) is 13.2 Å². The highest BCUT2D eigenvalue weighted by Gasteiger charge is 2.29. The molecule has 8 heteroatoms. The molecule has 0 radical (unpaired) electrons. The first-order valence-electron chi connectivity index (χ1n) is 4.74. The van der Waals surface area contributed by atoms with Crippen LogP contribution in [-0.2, 0) is 14.8 Å². The first-order chi connectivity index (χ1) is 7.75. The fourth-order valence-electron chi connectivity index (χ4n) is 1.16. The van der Waals surface area contributed by atoms with Gasteiger partial charge in [0.25, 0.3) is 10.0 Å². The number of carboxylic acid groups (broad SMARTS) is 1. The van der Waals surface area contributed by atoms with Crippen LogP contribution in [0.3, 0.4) is 0 Å². The Morgan fingerprint density at radius 1 is 1.53 bits per heavy atom. The first kappa shape index (κ1) is 14.6. The molecule has 96 valence electrons. The number of halogens is 1. The predicted octanol–water partition coefficient (Wildman–Crippen LogP) is 1.90. The average Bonchev–Trinajstić information content (AvgIpc) is 2.60. The van der Waals surface area contributed by atoms with E-state index in [1.165, 1.54) is 0 Å². The van der Waals surface area contributed by atoms with Crippen LogP contribution < -0.4 is 4.72 Å². The third-order valence-electron chi connectivity index (χ3n) is 2.04. The van der Waals surface area contributed by atoms with Gasteiger partial charge in [0, 0.05) is 4.47 Å². The zero-order valence-corrected chi connectivity index (χ0v) is 12.4. The van der Waals surface area contributed by atoms with E-state index in [1.807, 2.05) is 0 Å². The summed E-state index contributed by atoms with van der Waals surface area (Å²) in [5, 5.41) is 10.6. The molecule has 0 bridgehead atoms. The summed E-state index contributed by atoms with van der Waals surface area (Å²) in [6.45, 7) is 3.29. The van der Waals surface area contributed by atoms with Crippen molar-refractivity contribution in [2.24, 2.45) is 5.92 Å². The zero-order chi connectivity index (χ0) is 13.2. The minimum Gasteiger partial charge on any atom is -0.480 e. The van der Waals surface area contributed by atoms with E-state index >= 15 is 0 Å². The monoisotopic (exact) mass is 341 g/mol. The number of hydrogen-bond acceptors (Lipinski definition) is 4. The molecule has 0 aliphatic rings. The maximum atomic E-state index is 11.9. The van der Waals surface area contributed by atoms with E-state index in [-0.39, 0.29) is 10.1 Å². The fraction of sp³-hybridized carbons (Fsp3) is 0.444. The number of rotatable bonds is 5. The van der Waals surface area contributed by atoms with Crippen molar-refractivity contribution in [1.29, 1.82) is 0 Å².